The van der Waals surface area contributed by atoms with Crippen LogP contribution in [0, 0.1) is 0 Å². The summed E-state index contributed by atoms with van der Waals surface area (Å²) in [5, 5.41) is 23.3. The molecule has 0 bridgehead atoms. The van der Waals surface area contributed by atoms with E-state index in [0.29, 0.717) is 22.2 Å². The van der Waals surface area contributed by atoms with Crippen molar-refractivity contribution in [2.24, 2.45) is 4.99 Å². The van der Waals surface area contributed by atoms with Crippen molar-refractivity contribution in [1.82, 2.24) is 5.32 Å². The lowest BCUT2D eigenvalue weighted by Gasteiger charge is -2.29. The third-order valence-electron chi connectivity index (χ3n) is 5.01. The largest absolute Gasteiger partial charge is 0.416 e. The summed E-state index contributed by atoms with van der Waals surface area (Å²) in [6.07, 6.45) is -2.34. The molecule has 2 aromatic carbocycles. The van der Waals surface area contributed by atoms with E-state index in [-0.39, 0.29) is 12.2 Å². The number of hydrogen-bond donors (Lipinski definition) is 3. The van der Waals surface area contributed by atoms with Crippen molar-refractivity contribution in [1.29, 1.82) is 0 Å². The normalized spacial score (nSPS) is 17.1. The lowest BCUT2D eigenvalue weighted by molar-refractivity contribution is -0.138. The number of anilines is 1. The van der Waals surface area contributed by atoms with E-state index in [2.05, 4.69) is 16.9 Å². The molecular formula is C24H26F3N3O2S. The van der Waals surface area contributed by atoms with Crippen molar-refractivity contribution in [2.45, 2.75) is 31.8 Å². The van der Waals surface area contributed by atoms with Gasteiger partial charge in [-0.25, -0.2) is 4.99 Å². The van der Waals surface area contributed by atoms with E-state index in [1.54, 1.807) is 43.1 Å². The van der Waals surface area contributed by atoms with Crippen molar-refractivity contribution in [2.75, 3.05) is 17.3 Å². The predicted octanol–water partition coefficient (Wildman–Crippen LogP) is 5.04. The first-order valence-electron chi connectivity index (χ1n) is 10.2. The first kappa shape index (κ1) is 24.9. The Bertz CT molecular complexity index is 1040. The van der Waals surface area contributed by atoms with Gasteiger partial charge in [0.25, 0.3) is 0 Å². The first-order chi connectivity index (χ1) is 15.6. The molecule has 1 aliphatic heterocycles. The molecule has 0 aliphatic carbocycles. The summed E-state index contributed by atoms with van der Waals surface area (Å²) < 4.78 is 41.2. The van der Waals surface area contributed by atoms with Gasteiger partial charge in [-0.05, 0) is 32.0 Å². The summed E-state index contributed by atoms with van der Waals surface area (Å²) in [6.45, 7) is 6.76. The van der Waals surface area contributed by atoms with Crippen molar-refractivity contribution in [3.8, 4) is 0 Å². The maximum atomic E-state index is 13.7. The molecule has 1 atom stereocenters. The summed E-state index contributed by atoms with van der Waals surface area (Å²) in [5.41, 5.74) is -0.126. The van der Waals surface area contributed by atoms with Gasteiger partial charge in [0, 0.05) is 35.0 Å². The quantitative estimate of drug-likeness (QED) is 0.385. The number of halogens is 3. The third kappa shape index (κ3) is 5.79. The van der Waals surface area contributed by atoms with Crippen molar-refractivity contribution in [3.63, 3.8) is 0 Å². The van der Waals surface area contributed by atoms with Crippen LogP contribution in [0.15, 0.2) is 78.2 Å². The fraction of sp³-hybridized carbons (Fsp3) is 0.292. The molecule has 0 aromatic heterocycles. The molecule has 2 aromatic rings. The number of aliphatic hydroxyl groups is 2. The highest BCUT2D eigenvalue weighted by Crippen LogP contribution is 2.40. The van der Waals surface area contributed by atoms with Gasteiger partial charge in [0.15, 0.2) is 0 Å². The first-order valence-corrected chi connectivity index (χ1v) is 11.2. The highest BCUT2D eigenvalue weighted by atomic mass is 32.2. The molecule has 33 heavy (non-hydrogen) atoms. The summed E-state index contributed by atoms with van der Waals surface area (Å²) >= 11 is 1.38. The van der Waals surface area contributed by atoms with E-state index in [1.165, 1.54) is 30.1 Å². The van der Waals surface area contributed by atoms with Crippen LogP contribution in [0.4, 0.5) is 18.9 Å². The second-order valence-corrected chi connectivity index (χ2v) is 8.96. The van der Waals surface area contributed by atoms with Crippen LogP contribution in [-0.2, 0) is 6.18 Å². The maximum Gasteiger partial charge on any atom is 0.416 e. The predicted molar refractivity (Wildman–Crippen MR) is 127 cm³/mol. The van der Waals surface area contributed by atoms with E-state index in [9.17, 15) is 18.3 Å². The second kappa shape index (κ2) is 10.0. The van der Waals surface area contributed by atoms with Gasteiger partial charge in [-0.2, -0.15) is 13.2 Å². The Kier molecular flexibility index (Phi) is 7.56. The van der Waals surface area contributed by atoms with Crippen LogP contribution in [0.3, 0.4) is 0 Å². The maximum absolute atomic E-state index is 13.7. The summed E-state index contributed by atoms with van der Waals surface area (Å²) in [5.74, 6) is 0.471. The minimum Gasteiger partial charge on any atom is -0.396 e. The van der Waals surface area contributed by atoms with E-state index in [1.807, 2.05) is 12.1 Å². The molecule has 3 rings (SSSR count). The number of benzene rings is 2. The van der Waals surface area contributed by atoms with Gasteiger partial charge in [-0.1, -0.05) is 36.9 Å². The van der Waals surface area contributed by atoms with Gasteiger partial charge < -0.3 is 20.4 Å². The Labute approximate surface area is 195 Å². The fourth-order valence-corrected chi connectivity index (χ4v) is 4.18. The monoisotopic (exact) mass is 477 g/mol. The molecule has 176 valence electrons. The van der Waals surface area contributed by atoms with E-state index in [0.717, 1.165) is 11.6 Å². The number of aliphatic imine (C=N–C) groups is 1. The number of rotatable bonds is 7. The molecule has 1 heterocycles. The average molecular weight is 478 g/mol. The Morgan fingerprint density at radius 1 is 1.18 bits per heavy atom. The number of aliphatic hydroxyl groups excluding tert-OH is 1. The molecule has 1 aliphatic rings. The molecule has 5 nitrogen and oxygen atoms in total. The highest BCUT2D eigenvalue weighted by molar-refractivity contribution is 8.14. The highest BCUT2D eigenvalue weighted by Gasteiger charge is 2.39. The topological polar surface area (TPSA) is 68.1 Å². The standard InChI is InChI=1S/C24H26F3N3O2S/c1-4-28-22(33-14-13-31)16-9-11-17(12-10-16)30-15-20(23(2,3)32)29-21(30)18-7-5-6-8-19(18)24(25,26)27/h4-12,15,21,29,31-32H,1,13-14H2,2-3H3. The minimum absolute atomic E-state index is 0.00315. The second-order valence-electron chi connectivity index (χ2n) is 7.88. The molecule has 1 unspecified atom stereocenters. The van der Waals surface area contributed by atoms with Crippen LogP contribution in [0.1, 0.15) is 36.7 Å². The van der Waals surface area contributed by atoms with E-state index < -0.39 is 23.5 Å². The fourth-order valence-electron chi connectivity index (χ4n) is 3.44. The zero-order chi connectivity index (χ0) is 24.2. The molecule has 0 saturated heterocycles. The van der Waals surface area contributed by atoms with Gasteiger partial charge >= 0.3 is 6.18 Å². The van der Waals surface area contributed by atoms with E-state index >= 15 is 0 Å². The Morgan fingerprint density at radius 2 is 1.85 bits per heavy atom. The smallest absolute Gasteiger partial charge is 0.396 e. The zero-order valence-electron chi connectivity index (χ0n) is 18.3. The number of nitrogens with zero attached hydrogens (tertiary/aromatic N) is 2. The molecule has 0 spiro atoms. The van der Waals surface area contributed by atoms with Crippen LogP contribution in [0.5, 0.6) is 0 Å². The number of alkyl halides is 3. The Hall–Kier alpha value is -2.75. The molecule has 0 radical (unpaired) electrons. The number of hydrogen-bond acceptors (Lipinski definition) is 6. The SMILES string of the molecule is C=CN=C(SCCO)c1ccc(N2C=C(C(C)(C)O)NC2c2ccccc2C(F)(F)F)cc1. The average Bonchev–Trinajstić information content (AvgIpc) is 3.22. The summed E-state index contributed by atoms with van der Waals surface area (Å²) in [4.78, 5) is 5.91. The van der Waals surface area contributed by atoms with Crippen LogP contribution in [0.2, 0.25) is 0 Å². The van der Waals surface area contributed by atoms with Crippen molar-refractivity contribution < 1.29 is 23.4 Å². The summed E-state index contributed by atoms with van der Waals surface area (Å²) in [7, 11) is 0. The van der Waals surface area contributed by atoms with Crippen molar-refractivity contribution in [3.05, 3.63) is 89.9 Å². The third-order valence-corrected chi connectivity index (χ3v) is 6.01. The molecule has 9 heteroatoms. The zero-order valence-corrected chi connectivity index (χ0v) is 19.1. The molecule has 0 amide bonds. The van der Waals surface area contributed by atoms with Crippen LogP contribution in [0.25, 0.3) is 0 Å². The Balaban J connectivity index is 2.02. The van der Waals surface area contributed by atoms with E-state index in [4.69, 9.17) is 5.11 Å². The van der Waals surface area contributed by atoms with Gasteiger partial charge in [0.1, 0.15) is 11.2 Å². The van der Waals surface area contributed by atoms with Crippen LogP contribution >= 0.6 is 11.8 Å². The molecule has 3 N–H and O–H groups in total. The van der Waals surface area contributed by atoms with Crippen LogP contribution in [-0.4, -0.2) is 33.2 Å². The Morgan fingerprint density at radius 3 is 2.42 bits per heavy atom. The molecule has 0 fully saturated rings. The molecular weight excluding hydrogens is 451 g/mol. The lowest BCUT2D eigenvalue weighted by Crippen LogP contribution is -2.34. The van der Waals surface area contributed by atoms with Crippen molar-refractivity contribution >= 4 is 22.5 Å². The van der Waals surface area contributed by atoms with Gasteiger partial charge in [0.2, 0.25) is 0 Å². The lowest BCUT2D eigenvalue weighted by atomic mass is 10.0. The van der Waals surface area contributed by atoms with Gasteiger partial charge in [-0.3, -0.25) is 0 Å². The summed E-state index contributed by atoms with van der Waals surface area (Å²) in [6, 6.07) is 12.6. The number of nitrogens with one attached hydrogen (secondary N) is 1. The number of thioether (sulfide) groups is 1. The van der Waals surface area contributed by atoms with Crippen LogP contribution < -0.4 is 10.2 Å². The van der Waals surface area contributed by atoms with Gasteiger partial charge in [-0.15, -0.1) is 11.8 Å². The minimum atomic E-state index is -4.52. The van der Waals surface area contributed by atoms with Gasteiger partial charge in [0.05, 0.1) is 23.5 Å². The molecule has 0 saturated carbocycles.